The van der Waals surface area contributed by atoms with Gasteiger partial charge in [-0.3, -0.25) is 38.4 Å². The number of aliphatic hydroxyl groups excluding tert-OH is 2. The van der Waals surface area contributed by atoms with E-state index in [4.69, 9.17) is 14.2 Å². The Balaban J connectivity index is 1.37. The number of phenols is 2. The third kappa shape index (κ3) is 12.3. The second-order valence-corrected chi connectivity index (χ2v) is 19.7. The van der Waals surface area contributed by atoms with Crippen LogP contribution >= 0.6 is 0 Å². The zero-order valence-electron chi connectivity index (χ0n) is 41.0. The third-order valence-corrected chi connectivity index (χ3v) is 12.6. The lowest BCUT2D eigenvalue weighted by molar-refractivity contribution is -0.249. The molecule has 70 heavy (non-hydrogen) atoms. The van der Waals surface area contributed by atoms with Crippen molar-refractivity contribution >= 4 is 46.9 Å². The van der Waals surface area contributed by atoms with Gasteiger partial charge in [0.25, 0.3) is 0 Å². The van der Waals surface area contributed by atoms with Gasteiger partial charge in [-0.1, -0.05) is 53.7 Å². The minimum atomic E-state index is -2.42. The van der Waals surface area contributed by atoms with Gasteiger partial charge < -0.3 is 66.3 Å². The number of methoxy groups -OCH3 is 1. The molecule has 3 aliphatic rings. The summed E-state index contributed by atoms with van der Waals surface area (Å²) in [5, 5.41) is 69.8. The number of nitrogens with one attached hydrogen (secondary N) is 5. The molecule has 5 amide bonds. The van der Waals surface area contributed by atoms with Crippen molar-refractivity contribution in [2.75, 3.05) is 20.3 Å². The number of hydrogen-bond acceptors (Lipinski definition) is 16. The van der Waals surface area contributed by atoms with Gasteiger partial charge in [-0.05, 0) is 50.0 Å². The SMILES string of the molecule is COc1cccc2c1C(=O)c1c(O)c3c(c(O)c1C2=O)C[C@@](O)(C(=O)CO)C[C@@H]3O[C@H]1C[C@H](NC(=O)[C@H](CC(C)C)NC(=O)[C@H](CC(C)C)NC(=O)CNC(=O)[C@H](CC(C)C)NC(C)=O)[C@H](O)[C@H](C)O1. The summed E-state index contributed by atoms with van der Waals surface area (Å²) < 4.78 is 17.7. The Morgan fingerprint density at radius 3 is 1.97 bits per heavy atom. The highest BCUT2D eigenvalue weighted by Gasteiger charge is 2.50. The summed E-state index contributed by atoms with van der Waals surface area (Å²) in [6.45, 7) is 12.2. The number of carbonyl (C=O) groups is 8. The maximum Gasteiger partial charge on any atom is 0.243 e. The minimum Gasteiger partial charge on any atom is -0.507 e. The molecule has 0 saturated carbocycles. The van der Waals surface area contributed by atoms with Gasteiger partial charge in [-0.15, -0.1) is 0 Å². The number of ether oxygens (including phenoxy) is 3. The number of aliphatic hydroxyl groups is 3. The number of hydrogen-bond donors (Lipinski definition) is 10. The van der Waals surface area contributed by atoms with Crippen molar-refractivity contribution in [3.63, 3.8) is 0 Å². The van der Waals surface area contributed by atoms with Gasteiger partial charge in [-0.2, -0.15) is 0 Å². The number of carbonyl (C=O) groups excluding carboxylic acids is 8. The Hall–Kier alpha value is -6.00. The number of phenolic OH excluding ortho intramolecular Hbond substituents is 2. The number of Topliss-reactive ketones (excluding diaryl/α,β-unsaturated/α-hetero) is 1. The Bertz CT molecular complexity index is 2370. The van der Waals surface area contributed by atoms with Crippen LogP contribution < -0.4 is 31.3 Å². The number of rotatable bonds is 20. The number of benzene rings is 2. The van der Waals surface area contributed by atoms with Gasteiger partial charge in [0.1, 0.15) is 53.7 Å². The fraction of sp³-hybridized carbons (Fsp3) is 0.592. The van der Waals surface area contributed by atoms with Gasteiger partial charge in [0.15, 0.2) is 17.9 Å². The molecule has 0 aromatic heterocycles. The quantitative estimate of drug-likeness (QED) is 0.0703. The van der Waals surface area contributed by atoms with Crippen LogP contribution in [-0.2, 0) is 44.7 Å². The smallest absolute Gasteiger partial charge is 0.243 e. The van der Waals surface area contributed by atoms with E-state index in [2.05, 4.69) is 26.6 Å². The lowest BCUT2D eigenvalue weighted by atomic mass is 9.72. The predicted molar refractivity (Wildman–Crippen MR) is 249 cm³/mol. The molecule has 2 aromatic carbocycles. The number of amides is 5. The molecule has 0 bridgehead atoms. The zero-order chi connectivity index (χ0) is 52.1. The van der Waals surface area contributed by atoms with Crippen LogP contribution in [0.4, 0.5) is 0 Å². The molecule has 1 aliphatic heterocycles. The molecule has 1 fully saturated rings. The monoisotopic (exact) mass is 981 g/mol. The average molecular weight is 982 g/mol. The Kier molecular flexibility index (Phi) is 17.9. The summed E-state index contributed by atoms with van der Waals surface area (Å²) in [7, 11) is 1.29. The normalized spacial score (nSPS) is 23.0. The lowest BCUT2D eigenvalue weighted by Crippen LogP contribution is -2.60. The fourth-order valence-electron chi connectivity index (χ4n) is 9.30. The topological polar surface area (TPSA) is 326 Å². The second-order valence-electron chi connectivity index (χ2n) is 19.7. The van der Waals surface area contributed by atoms with Crippen LogP contribution in [0.5, 0.6) is 17.2 Å². The van der Waals surface area contributed by atoms with E-state index in [1.165, 1.54) is 39.2 Å². The van der Waals surface area contributed by atoms with Gasteiger partial charge in [0, 0.05) is 42.9 Å². The van der Waals surface area contributed by atoms with Crippen LogP contribution in [-0.4, -0.2) is 141 Å². The van der Waals surface area contributed by atoms with Crippen molar-refractivity contribution in [3.05, 3.63) is 51.6 Å². The average Bonchev–Trinajstić information content (AvgIpc) is 3.27. The highest BCUT2D eigenvalue weighted by atomic mass is 16.7. The van der Waals surface area contributed by atoms with Crippen molar-refractivity contribution in [1.29, 1.82) is 0 Å². The van der Waals surface area contributed by atoms with Gasteiger partial charge in [0.05, 0.1) is 48.6 Å². The maximum atomic E-state index is 14.2. The van der Waals surface area contributed by atoms with E-state index in [-0.39, 0.29) is 65.0 Å². The molecule has 1 saturated heterocycles. The van der Waals surface area contributed by atoms with Crippen LogP contribution in [0, 0.1) is 17.8 Å². The molecule has 2 aliphatic carbocycles. The molecule has 0 radical (unpaired) electrons. The standard InChI is InChI=1S/C49H67N5O16/c1-21(2)13-29(51-25(8)56)46(64)50-19-35(58)52-30(14-22(3)4)47(65)54-31(15-23(5)6)48(66)53-28-16-36(69-24(7)41(28)59)70-33-18-49(67,34(57)20-55)17-27-38(33)45(63)40-39(43(27)61)42(60)26-11-10-12-32(68-9)37(26)44(40)62/h10-12,21-24,28-31,33,36,41,55,59,61,63,67H,13-20H2,1-9H3,(H,50,64)(H,51,56)(H,52,58)(H,53,66)(H,54,65)/t24-,28-,29-,30-,31-,33-,36-,41+,49-/m0/s1. The van der Waals surface area contributed by atoms with Crippen LogP contribution in [0.3, 0.4) is 0 Å². The summed E-state index contributed by atoms with van der Waals surface area (Å²) in [6, 6.07) is -0.0922. The molecule has 21 nitrogen and oxygen atoms in total. The van der Waals surface area contributed by atoms with Crippen molar-refractivity contribution in [3.8, 4) is 17.2 Å². The molecular weight excluding hydrogens is 915 g/mol. The first-order valence-corrected chi connectivity index (χ1v) is 23.5. The van der Waals surface area contributed by atoms with Crippen molar-refractivity contribution < 1.29 is 78.1 Å². The first kappa shape index (κ1) is 54.9. The maximum absolute atomic E-state index is 14.2. The first-order valence-electron chi connectivity index (χ1n) is 23.5. The predicted octanol–water partition coefficient (Wildman–Crippen LogP) is 0.888. The summed E-state index contributed by atoms with van der Waals surface area (Å²) in [6.07, 6.45) is -6.39. The van der Waals surface area contributed by atoms with E-state index < -0.39 is 150 Å². The molecule has 1 heterocycles. The molecule has 9 atom stereocenters. The van der Waals surface area contributed by atoms with Crippen LogP contribution in [0.15, 0.2) is 18.2 Å². The van der Waals surface area contributed by atoms with Crippen molar-refractivity contribution in [2.24, 2.45) is 17.8 Å². The molecule has 384 valence electrons. The van der Waals surface area contributed by atoms with Crippen molar-refractivity contribution in [2.45, 2.75) is 148 Å². The Morgan fingerprint density at radius 1 is 0.814 bits per heavy atom. The van der Waals surface area contributed by atoms with E-state index >= 15 is 0 Å². The van der Waals surface area contributed by atoms with E-state index in [1.54, 1.807) is 0 Å². The summed E-state index contributed by atoms with van der Waals surface area (Å²) in [4.78, 5) is 107. The Labute approximate surface area is 405 Å². The highest BCUT2D eigenvalue weighted by Crippen LogP contribution is 2.52. The molecule has 0 spiro atoms. The van der Waals surface area contributed by atoms with Gasteiger partial charge in [0.2, 0.25) is 35.3 Å². The van der Waals surface area contributed by atoms with Crippen LogP contribution in [0.1, 0.15) is 137 Å². The van der Waals surface area contributed by atoms with Crippen molar-refractivity contribution in [1.82, 2.24) is 26.6 Å². The van der Waals surface area contributed by atoms with E-state index in [0.29, 0.717) is 6.42 Å². The first-order chi connectivity index (χ1) is 32.8. The number of fused-ring (bicyclic) bond motifs is 3. The summed E-state index contributed by atoms with van der Waals surface area (Å²) in [5.74, 6) is -7.64. The van der Waals surface area contributed by atoms with Gasteiger partial charge in [-0.25, -0.2) is 0 Å². The Morgan fingerprint density at radius 2 is 1.40 bits per heavy atom. The largest absolute Gasteiger partial charge is 0.507 e. The lowest BCUT2D eigenvalue weighted by Gasteiger charge is -2.43. The number of aromatic hydroxyl groups is 2. The third-order valence-electron chi connectivity index (χ3n) is 12.6. The molecule has 2 aromatic rings. The number of ketones is 3. The molecule has 21 heteroatoms. The second kappa shape index (κ2) is 22.8. The van der Waals surface area contributed by atoms with E-state index in [9.17, 15) is 63.9 Å². The van der Waals surface area contributed by atoms with E-state index in [1.807, 2.05) is 41.5 Å². The molecular formula is C49H67N5O16. The highest BCUT2D eigenvalue weighted by molar-refractivity contribution is 6.31. The molecule has 0 unspecified atom stereocenters. The van der Waals surface area contributed by atoms with Crippen LogP contribution in [0.25, 0.3) is 0 Å². The molecule has 5 rings (SSSR count). The minimum absolute atomic E-state index is 0.0247. The fourth-order valence-corrected chi connectivity index (χ4v) is 9.30. The van der Waals surface area contributed by atoms with Gasteiger partial charge >= 0.3 is 0 Å². The van der Waals surface area contributed by atoms with Crippen LogP contribution in [0.2, 0.25) is 0 Å². The zero-order valence-corrected chi connectivity index (χ0v) is 41.0. The molecule has 10 N–H and O–H groups in total. The summed E-state index contributed by atoms with van der Waals surface area (Å²) >= 11 is 0. The van der Waals surface area contributed by atoms with E-state index in [0.717, 1.165) is 0 Å². The summed E-state index contributed by atoms with van der Waals surface area (Å²) in [5.41, 5.74) is -4.42.